The van der Waals surface area contributed by atoms with E-state index in [4.69, 9.17) is 5.21 Å². The van der Waals surface area contributed by atoms with Crippen LogP contribution in [0.25, 0.3) is 0 Å². The first-order chi connectivity index (χ1) is 5.34. The van der Waals surface area contributed by atoms with Gasteiger partial charge in [-0.2, -0.15) is 0 Å². The van der Waals surface area contributed by atoms with Crippen molar-refractivity contribution < 1.29 is 15.5 Å². The Labute approximate surface area is 69.4 Å². The number of ketones is 1. The van der Waals surface area contributed by atoms with Gasteiger partial charge in [-0.3, -0.25) is 4.79 Å². The molecule has 0 saturated carbocycles. The maximum atomic E-state index is 10.9. The van der Waals surface area contributed by atoms with Crippen molar-refractivity contribution in [1.29, 1.82) is 0 Å². The van der Waals surface area contributed by atoms with Gasteiger partial charge in [0.25, 0.3) is 0 Å². The van der Waals surface area contributed by atoms with Gasteiger partial charge < -0.3 is 10.7 Å². The Morgan fingerprint density at radius 1 is 1.33 bits per heavy atom. The molecule has 0 fully saturated rings. The number of nitrogens with zero attached hydrogens (tertiary/aromatic N) is 1. The second kappa shape index (κ2) is 5.03. The Morgan fingerprint density at radius 3 is 2.42 bits per heavy atom. The molecule has 0 radical (unpaired) electrons. The van der Waals surface area contributed by atoms with Gasteiger partial charge in [-0.1, -0.05) is 35.5 Å². The molecule has 0 unspecified atom stereocenters. The van der Waals surface area contributed by atoms with E-state index in [0.29, 0.717) is 5.56 Å². The predicted molar refractivity (Wildman–Crippen MR) is 44.7 cm³/mol. The molecule has 0 spiro atoms. The quantitative estimate of drug-likeness (QED) is 0.301. The van der Waals surface area contributed by atoms with Crippen molar-refractivity contribution in [1.82, 2.24) is 0 Å². The van der Waals surface area contributed by atoms with E-state index in [1.807, 2.05) is 6.07 Å². The molecule has 0 aliphatic rings. The summed E-state index contributed by atoms with van der Waals surface area (Å²) in [6.07, 6.45) is 0.870. The molecule has 0 heterocycles. The third-order valence-corrected chi connectivity index (χ3v) is 1.23. The van der Waals surface area contributed by atoms with E-state index in [2.05, 4.69) is 5.16 Å². The number of rotatable bonds is 2. The summed E-state index contributed by atoms with van der Waals surface area (Å²) in [6.45, 7) is 0. The SMILES string of the molecule is O.O=C(C=NO)c1ccccc1. The van der Waals surface area contributed by atoms with Crippen LogP contribution in [0.3, 0.4) is 0 Å². The number of carbonyl (C=O) groups excluding carboxylic acids is 1. The molecule has 0 amide bonds. The third kappa shape index (κ3) is 2.51. The topological polar surface area (TPSA) is 81.2 Å². The summed E-state index contributed by atoms with van der Waals surface area (Å²) in [6, 6.07) is 8.62. The van der Waals surface area contributed by atoms with Gasteiger partial charge in [-0.15, -0.1) is 0 Å². The van der Waals surface area contributed by atoms with Crippen LogP contribution in [-0.2, 0) is 0 Å². The number of oxime groups is 1. The van der Waals surface area contributed by atoms with Crippen molar-refractivity contribution in [3.8, 4) is 0 Å². The Hall–Kier alpha value is -1.68. The summed E-state index contributed by atoms with van der Waals surface area (Å²) >= 11 is 0. The fourth-order valence-corrected chi connectivity index (χ4v) is 0.729. The zero-order chi connectivity index (χ0) is 8.10. The molecular weight excluding hydrogens is 158 g/mol. The summed E-state index contributed by atoms with van der Waals surface area (Å²) < 4.78 is 0. The number of benzene rings is 1. The monoisotopic (exact) mass is 167 g/mol. The maximum Gasteiger partial charge on any atom is 0.207 e. The van der Waals surface area contributed by atoms with Crippen molar-refractivity contribution in [3.05, 3.63) is 35.9 Å². The fourth-order valence-electron chi connectivity index (χ4n) is 0.729. The van der Waals surface area contributed by atoms with Gasteiger partial charge in [0.15, 0.2) is 0 Å². The van der Waals surface area contributed by atoms with E-state index in [9.17, 15) is 4.79 Å². The number of hydrogen-bond donors (Lipinski definition) is 1. The fraction of sp³-hybridized carbons (Fsp3) is 0. The summed E-state index contributed by atoms with van der Waals surface area (Å²) in [4.78, 5) is 10.9. The molecule has 0 aromatic heterocycles. The summed E-state index contributed by atoms with van der Waals surface area (Å²) in [5.41, 5.74) is 0.519. The average molecular weight is 167 g/mol. The minimum atomic E-state index is -0.298. The second-order valence-electron chi connectivity index (χ2n) is 1.97. The zero-order valence-electron chi connectivity index (χ0n) is 6.27. The lowest BCUT2D eigenvalue weighted by Crippen LogP contribution is -1.98. The lowest BCUT2D eigenvalue weighted by molar-refractivity contribution is 0.106. The molecule has 1 aromatic rings. The molecule has 3 N–H and O–H groups in total. The summed E-state index contributed by atoms with van der Waals surface area (Å²) in [5.74, 6) is -0.298. The van der Waals surface area contributed by atoms with Crippen LogP contribution in [0.15, 0.2) is 35.5 Å². The Kier molecular flexibility index (Phi) is 4.33. The minimum Gasteiger partial charge on any atom is -0.412 e. The number of hydrogen-bond acceptors (Lipinski definition) is 3. The second-order valence-corrected chi connectivity index (χ2v) is 1.97. The van der Waals surface area contributed by atoms with E-state index in [1.54, 1.807) is 24.3 Å². The van der Waals surface area contributed by atoms with E-state index < -0.39 is 0 Å². The van der Waals surface area contributed by atoms with Gasteiger partial charge in [-0.05, 0) is 0 Å². The number of Topliss-reactive ketones (excluding diaryl/α,β-unsaturated/α-hetero) is 1. The van der Waals surface area contributed by atoms with E-state index in [0.717, 1.165) is 6.21 Å². The van der Waals surface area contributed by atoms with E-state index in [1.165, 1.54) is 0 Å². The molecule has 0 atom stereocenters. The van der Waals surface area contributed by atoms with Crippen LogP contribution in [0.5, 0.6) is 0 Å². The van der Waals surface area contributed by atoms with Gasteiger partial charge in [-0.25, -0.2) is 0 Å². The molecule has 4 heteroatoms. The van der Waals surface area contributed by atoms with Crippen LogP contribution in [0.1, 0.15) is 10.4 Å². The number of carbonyl (C=O) groups is 1. The molecule has 0 aliphatic carbocycles. The van der Waals surface area contributed by atoms with Gasteiger partial charge in [0.2, 0.25) is 5.78 Å². The Morgan fingerprint density at radius 2 is 1.92 bits per heavy atom. The molecular formula is C8H9NO3. The Bertz CT molecular complexity index is 269. The zero-order valence-corrected chi connectivity index (χ0v) is 6.27. The smallest absolute Gasteiger partial charge is 0.207 e. The summed E-state index contributed by atoms with van der Waals surface area (Å²) in [7, 11) is 0. The van der Waals surface area contributed by atoms with Crippen molar-refractivity contribution in [2.45, 2.75) is 0 Å². The lowest BCUT2D eigenvalue weighted by Gasteiger charge is -1.90. The molecule has 4 nitrogen and oxygen atoms in total. The highest BCUT2D eigenvalue weighted by molar-refractivity contribution is 6.35. The minimum absolute atomic E-state index is 0. The van der Waals surface area contributed by atoms with E-state index >= 15 is 0 Å². The average Bonchev–Trinajstić information content (AvgIpc) is 2.07. The van der Waals surface area contributed by atoms with Gasteiger partial charge in [0, 0.05) is 5.56 Å². The molecule has 1 rings (SSSR count). The highest BCUT2D eigenvalue weighted by Crippen LogP contribution is 1.97. The van der Waals surface area contributed by atoms with Crippen molar-refractivity contribution >= 4 is 12.0 Å². The van der Waals surface area contributed by atoms with Crippen LogP contribution in [0, 0.1) is 0 Å². The van der Waals surface area contributed by atoms with Gasteiger partial charge in [0.05, 0.1) is 0 Å². The van der Waals surface area contributed by atoms with Gasteiger partial charge in [0.1, 0.15) is 6.21 Å². The third-order valence-electron chi connectivity index (χ3n) is 1.23. The standard InChI is InChI=1S/C8H7NO2.H2O/c10-8(6-9-11)7-4-2-1-3-5-7;/h1-6,11H;1H2. The van der Waals surface area contributed by atoms with E-state index in [-0.39, 0.29) is 11.3 Å². The van der Waals surface area contributed by atoms with Crippen LogP contribution in [0.2, 0.25) is 0 Å². The molecule has 0 bridgehead atoms. The first-order valence-electron chi connectivity index (χ1n) is 3.11. The van der Waals surface area contributed by atoms with Gasteiger partial charge >= 0.3 is 0 Å². The first kappa shape index (κ1) is 10.3. The highest BCUT2D eigenvalue weighted by atomic mass is 16.4. The van der Waals surface area contributed by atoms with Crippen molar-refractivity contribution in [2.75, 3.05) is 0 Å². The van der Waals surface area contributed by atoms with Crippen LogP contribution >= 0.6 is 0 Å². The van der Waals surface area contributed by atoms with Crippen LogP contribution in [-0.4, -0.2) is 22.7 Å². The molecule has 1 aromatic carbocycles. The maximum absolute atomic E-state index is 10.9. The molecule has 0 aliphatic heterocycles. The molecule has 0 saturated heterocycles. The molecule has 64 valence electrons. The predicted octanol–water partition coefficient (Wildman–Crippen LogP) is 0.505. The largest absolute Gasteiger partial charge is 0.412 e. The normalized spacial score (nSPS) is 9.33. The Balaban J connectivity index is 0.00000121. The highest BCUT2D eigenvalue weighted by Gasteiger charge is 1.98. The first-order valence-corrected chi connectivity index (χ1v) is 3.11. The summed E-state index contributed by atoms with van der Waals surface area (Å²) in [5, 5.41) is 10.7. The van der Waals surface area contributed by atoms with Crippen LogP contribution < -0.4 is 0 Å². The lowest BCUT2D eigenvalue weighted by atomic mass is 10.1. The van der Waals surface area contributed by atoms with Crippen molar-refractivity contribution in [3.63, 3.8) is 0 Å². The van der Waals surface area contributed by atoms with Crippen molar-refractivity contribution in [2.24, 2.45) is 5.16 Å². The van der Waals surface area contributed by atoms with Crippen LogP contribution in [0.4, 0.5) is 0 Å². The molecule has 12 heavy (non-hydrogen) atoms.